The first-order chi connectivity index (χ1) is 12.8. The summed E-state index contributed by atoms with van der Waals surface area (Å²) in [6, 6.07) is 12.5. The summed E-state index contributed by atoms with van der Waals surface area (Å²) in [6.45, 7) is -0.242. The standard InChI is InChI=1S/C18H16Cl2N4O3/c1-23(2)17(25)22-12-4-3-5-14(10-12)27-18(26)24(9-8-21)13-6-7-15(19)16(20)11-13/h3-7,10-11H,9H2,1-2H3,(H,22,25). The molecule has 7 nitrogen and oxygen atoms in total. The van der Waals surface area contributed by atoms with Gasteiger partial charge in [-0.3, -0.25) is 4.90 Å². The third-order valence-corrected chi connectivity index (χ3v) is 4.10. The van der Waals surface area contributed by atoms with Crippen molar-refractivity contribution in [3.8, 4) is 11.8 Å². The van der Waals surface area contributed by atoms with Crippen LogP contribution in [0.1, 0.15) is 0 Å². The van der Waals surface area contributed by atoms with E-state index in [-0.39, 0.29) is 23.3 Å². The summed E-state index contributed by atoms with van der Waals surface area (Å²) in [6.07, 6.45) is -0.772. The van der Waals surface area contributed by atoms with E-state index in [4.69, 9.17) is 33.2 Å². The summed E-state index contributed by atoms with van der Waals surface area (Å²) in [5.74, 6) is 0.208. The van der Waals surface area contributed by atoms with Crippen LogP contribution in [0.5, 0.6) is 5.75 Å². The molecule has 2 rings (SSSR count). The number of carbonyl (C=O) groups excluding carboxylic acids is 2. The van der Waals surface area contributed by atoms with Gasteiger partial charge in [-0.2, -0.15) is 5.26 Å². The first-order valence-electron chi connectivity index (χ1n) is 7.71. The molecule has 0 bridgehead atoms. The Bertz CT molecular complexity index is 896. The number of rotatable bonds is 4. The maximum atomic E-state index is 12.5. The van der Waals surface area contributed by atoms with E-state index in [9.17, 15) is 9.59 Å². The highest BCUT2D eigenvalue weighted by molar-refractivity contribution is 6.42. The Kier molecular flexibility index (Phi) is 6.88. The molecule has 0 radical (unpaired) electrons. The fraction of sp³-hybridized carbons (Fsp3) is 0.167. The minimum Gasteiger partial charge on any atom is -0.410 e. The molecule has 9 heteroatoms. The first-order valence-corrected chi connectivity index (χ1v) is 8.47. The summed E-state index contributed by atoms with van der Waals surface area (Å²) in [5, 5.41) is 12.3. The molecule has 0 aliphatic heterocycles. The molecular formula is C18H16Cl2N4O3. The molecule has 27 heavy (non-hydrogen) atoms. The molecule has 0 atom stereocenters. The molecule has 0 heterocycles. The van der Waals surface area contributed by atoms with Crippen molar-refractivity contribution < 1.29 is 14.3 Å². The van der Waals surface area contributed by atoms with Crippen molar-refractivity contribution in [1.29, 1.82) is 5.26 Å². The number of amides is 3. The van der Waals surface area contributed by atoms with Crippen LogP contribution in [0.25, 0.3) is 0 Å². The molecule has 0 aliphatic rings. The van der Waals surface area contributed by atoms with Crippen molar-refractivity contribution in [2.45, 2.75) is 0 Å². The summed E-state index contributed by atoms with van der Waals surface area (Å²) >= 11 is 11.9. The summed E-state index contributed by atoms with van der Waals surface area (Å²) in [4.78, 5) is 26.7. The monoisotopic (exact) mass is 406 g/mol. The molecule has 1 N–H and O–H groups in total. The number of urea groups is 1. The van der Waals surface area contributed by atoms with Crippen LogP contribution in [-0.2, 0) is 0 Å². The highest BCUT2D eigenvalue weighted by Gasteiger charge is 2.19. The van der Waals surface area contributed by atoms with Crippen LogP contribution in [-0.4, -0.2) is 37.7 Å². The van der Waals surface area contributed by atoms with E-state index in [1.54, 1.807) is 38.4 Å². The number of nitrogens with one attached hydrogen (secondary N) is 1. The highest BCUT2D eigenvalue weighted by atomic mass is 35.5. The van der Waals surface area contributed by atoms with Gasteiger partial charge in [0.15, 0.2) is 0 Å². The van der Waals surface area contributed by atoms with E-state index >= 15 is 0 Å². The van der Waals surface area contributed by atoms with E-state index in [1.807, 2.05) is 6.07 Å². The minimum atomic E-state index is -0.772. The number of nitrogens with zero attached hydrogens (tertiary/aromatic N) is 3. The van der Waals surface area contributed by atoms with Crippen molar-refractivity contribution in [3.63, 3.8) is 0 Å². The van der Waals surface area contributed by atoms with Crippen molar-refractivity contribution in [3.05, 3.63) is 52.5 Å². The van der Waals surface area contributed by atoms with Gasteiger partial charge in [-0.05, 0) is 30.3 Å². The number of hydrogen-bond donors (Lipinski definition) is 1. The Hall–Kier alpha value is -2.95. The average molecular weight is 407 g/mol. The minimum absolute atomic E-state index is 0.208. The largest absolute Gasteiger partial charge is 0.420 e. The van der Waals surface area contributed by atoms with Crippen LogP contribution in [0.2, 0.25) is 10.0 Å². The van der Waals surface area contributed by atoms with Gasteiger partial charge in [0.1, 0.15) is 12.3 Å². The lowest BCUT2D eigenvalue weighted by Gasteiger charge is -2.20. The molecule has 0 aliphatic carbocycles. The first kappa shape index (κ1) is 20.4. The Morgan fingerprint density at radius 3 is 2.52 bits per heavy atom. The number of ether oxygens (including phenoxy) is 1. The molecule has 0 fully saturated rings. The lowest BCUT2D eigenvalue weighted by Crippen LogP contribution is -2.34. The molecule has 0 aromatic heterocycles. The third-order valence-electron chi connectivity index (χ3n) is 3.36. The summed E-state index contributed by atoms with van der Waals surface area (Å²) in [7, 11) is 3.21. The number of nitriles is 1. The number of carbonyl (C=O) groups is 2. The van der Waals surface area contributed by atoms with Crippen LogP contribution in [0.3, 0.4) is 0 Å². The zero-order valence-corrected chi connectivity index (χ0v) is 16.1. The Morgan fingerprint density at radius 1 is 1.15 bits per heavy atom. The molecular weight excluding hydrogens is 391 g/mol. The number of hydrogen-bond acceptors (Lipinski definition) is 4. The van der Waals surface area contributed by atoms with Gasteiger partial charge >= 0.3 is 12.1 Å². The summed E-state index contributed by atoms with van der Waals surface area (Å²) < 4.78 is 5.33. The maximum Gasteiger partial charge on any atom is 0.420 e. The smallest absolute Gasteiger partial charge is 0.410 e. The predicted molar refractivity (Wildman–Crippen MR) is 105 cm³/mol. The van der Waals surface area contributed by atoms with Crippen molar-refractivity contribution in [1.82, 2.24) is 4.90 Å². The molecule has 140 valence electrons. The second-order valence-electron chi connectivity index (χ2n) is 5.56. The molecule has 0 saturated carbocycles. The zero-order valence-electron chi connectivity index (χ0n) is 14.6. The van der Waals surface area contributed by atoms with Gasteiger partial charge in [0.25, 0.3) is 0 Å². The van der Waals surface area contributed by atoms with Gasteiger partial charge in [-0.25, -0.2) is 9.59 Å². The highest BCUT2D eigenvalue weighted by Crippen LogP contribution is 2.28. The van der Waals surface area contributed by atoms with Gasteiger partial charge in [0.05, 0.1) is 16.1 Å². The van der Waals surface area contributed by atoms with Crippen LogP contribution in [0.15, 0.2) is 42.5 Å². The van der Waals surface area contributed by atoms with E-state index in [1.165, 1.54) is 23.1 Å². The zero-order chi connectivity index (χ0) is 20.0. The van der Waals surface area contributed by atoms with E-state index in [0.717, 1.165) is 4.90 Å². The predicted octanol–water partition coefficient (Wildman–Crippen LogP) is 4.62. The normalized spacial score (nSPS) is 9.89. The van der Waals surface area contributed by atoms with Gasteiger partial charge < -0.3 is 15.0 Å². The molecule has 0 spiro atoms. The molecule has 2 aromatic carbocycles. The van der Waals surface area contributed by atoms with Crippen molar-refractivity contribution in [2.24, 2.45) is 0 Å². The van der Waals surface area contributed by atoms with Gasteiger partial charge in [-0.1, -0.05) is 29.3 Å². The average Bonchev–Trinajstić information content (AvgIpc) is 2.62. The molecule has 2 aromatic rings. The number of anilines is 2. The number of halogens is 2. The van der Waals surface area contributed by atoms with E-state index < -0.39 is 6.09 Å². The molecule has 0 unspecified atom stereocenters. The second-order valence-corrected chi connectivity index (χ2v) is 6.38. The van der Waals surface area contributed by atoms with Crippen LogP contribution >= 0.6 is 23.2 Å². The Balaban J connectivity index is 2.19. The van der Waals surface area contributed by atoms with Crippen LogP contribution in [0, 0.1) is 11.3 Å². The number of benzene rings is 2. The topological polar surface area (TPSA) is 85.7 Å². The fourth-order valence-electron chi connectivity index (χ4n) is 2.01. The Labute approximate surface area is 166 Å². The fourth-order valence-corrected chi connectivity index (χ4v) is 2.31. The van der Waals surface area contributed by atoms with Gasteiger partial charge in [0.2, 0.25) is 0 Å². The van der Waals surface area contributed by atoms with E-state index in [2.05, 4.69) is 5.32 Å². The molecule has 3 amide bonds. The lowest BCUT2D eigenvalue weighted by atomic mass is 10.3. The van der Waals surface area contributed by atoms with Crippen molar-refractivity contribution >= 4 is 46.7 Å². The maximum absolute atomic E-state index is 12.5. The molecule has 0 saturated heterocycles. The quantitative estimate of drug-likeness (QED) is 0.750. The third kappa shape index (κ3) is 5.51. The SMILES string of the molecule is CN(C)C(=O)Nc1cccc(OC(=O)N(CC#N)c2ccc(Cl)c(Cl)c2)c1. The van der Waals surface area contributed by atoms with Gasteiger partial charge in [-0.15, -0.1) is 0 Å². The second kappa shape index (κ2) is 9.12. The van der Waals surface area contributed by atoms with E-state index in [0.29, 0.717) is 16.4 Å². The Morgan fingerprint density at radius 2 is 1.89 bits per heavy atom. The van der Waals surface area contributed by atoms with Crippen LogP contribution in [0.4, 0.5) is 21.0 Å². The van der Waals surface area contributed by atoms with Crippen LogP contribution < -0.4 is 15.0 Å². The lowest BCUT2D eigenvalue weighted by molar-refractivity contribution is 0.208. The van der Waals surface area contributed by atoms with Gasteiger partial charge in [0, 0.05) is 31.5 Å². The van der Waals surface area contributed by atoms with Crippen molar-refractivity contribution in [2.75, 3.05) is 30.9 Å². The summed E-state index contributed by atoms with van der Waals surface area (Å²) in [5.41, 5.74) is 0.827.